The number of carbonyl (C=O) groups excluding carboxylic acids is 1. The van der Waals surface area contributed by atoms with E-state index >= 15 is 0 Å². The zero-order chi connectivity index (χ0) is 17.7. The van der Waals surface area contributed by atoms with Crippen molar-refractivity contribution >= 4 is 12.0 Å². The monoisotopic (exact) mass is 223 g/mol. The molecule has 0 bridgehead atoms. The number of nitrogens with two attached hydrogens (primary N) is 1. The predicted octanol–water partition coefficient (Wildman–Crippen LogP) is -0.341. The van der Waals surface area contributed by atoms with E-state index in [0.29, 0.717) is 0 Å². The van der Waals surface area contributed by atoms with Gasteiger partial charge in [-0.15, -0.1) is 0 Å². The molecule has 0 radical (unpaired) electrons. The lowest BCUT2D eigenvalue weighted by Gasteiger charge is -2.30. The highest BCUT2D eigenvalue weighted by Crippen LogP contribution is 2.31. The van der Waals surface area contributed by atoms with Crippen LogP contribution in [-0.4, -0.2) is 34.4 Å². The molecule has 0 spiro atoms. The van der Waals surface area contributed by atoms with E-state index in [1.165, 1.54) is 0 Å². The first-order valence-electron chi connectivity index (χ1n) is 7.60. The molecule has 0 aromatic rings. The number of amides is 2. The van der Waals surface area contributed by atoms with Gasteiger partial charge in [0.2, 0.25) is 5.91 Å². The average molecular weight is 223 g/mol. The summed E-state index contributed by atoms with van der Waals surface area (Å²) in [7, 11) is 0. The zero-order valence-electron chi connectivity index (χ0n) is 14.7. The Balaban J connectivity index is 3.17. The fourth-order valence-corrected chi connectivity index (χ4v) is 1.07. The number of aliphatic hydroxyl groups is 1. The van der Waals surface area contributed by atoms with E-state index in [9.17, 15) is 14.7 Å². The topological polar surface area (TPSA) is 113 Å². The maximum absolute atomic E-state index is 11.0. The van der Waals surface area contributed by atoms with Gasteiger partial charge < -0.3 is 21.3 Å². The van der Waals surface area contributed by atoms with E-state index in [4.69, 9.17) is 20.4 Å². The van der Waals surface area contributed by atoms with Crippen molar-refractivity contribution in [2.24, 2.45) is 11.6 Å². The summed E-state index contributed by atoms with van der Waals surface area (Å²) in [5.74, 6) is -4.07. The van der Waals surface area contributed by atoms with Gasteiger partial charge in [-0.3, -0.25) is 4.79 Å². The van der Waals surface area contributed by atoms with E-state index in [1.807, 2.05) is 0 Å². The Morgan fingerprint density at radius 3 is 2.73 bits per heavy atom. The molecule has 0 aromatic carbocycles. The number of aliphatic hydroxyl groups excluding tert-OH is 1. The van der Waals surface area contributed by atoms with Crippen molar-refractivity contribution in [3.63, 3.8) is 0 Å². The second kappa shape index (κ2) is 4.97. The molecule has 6 nitrogen and oxygen atoms in total. The number of carboxylic acid groups (broad SMARTS) is 1. The van der Waals surface area contributed by atoms with Crippen molar-refractivity contribution in [3.05, 3.63) is 0 Å². The molecular formula is C9H16N2O4. The number of carbonyl (C=O) groups is 2. The van der Waals surface area contributed by atoms with E-state index in [0.717, 1.165) is 0 Å². The van der Waals surface area contributed by atoms with Gasteiger partial charge in [0, 0.05) is 9.60 Å². The number of nitrogens with one attached hydrogen (secondary N) is 1. The molecular weight excluding hydrogens is 200 g/mol. The van der Waals surface area contributed by atoms with Crippen molar-refractivity contribution in [2.45, 2.75) is 37.7 Å². The fraction of sp³-hybridized carbons (Fsp3) is 0.778. The van der Waals surface area contributed by atoms with Crippen molar-refractivity contribution in [1.29, 1.82) is 0 Å². The first kappa shape index (κ1) is 5.16. The molecule has 0 heterocycles. The van der Waals surface area contributed by atoms with E-state index in [-0.39, 0.29) is 0 Å². The third-order valence-corrected chi connectivity index (χ3v) is 1.83. The molecule has 6 heteroatoms. The Bertz CT molecular complexity index is 480. The molecule has 15 heavy (non-hydrogen) atoms. The summed E-state index contributed by atoms with van der Waals surface area (Å²) in [6, 6.07) is -1.76. The Morgan fingerprint density at radius 1 is 1.67 bits per heavy atom. The smallest absolute Gasteiger partial charge is 0.404 e. The average Bonchev–Trinajstić information content (AvgIpc) is 2.34. The normalized spacial score (nSPS) is 39.1. The summed E-state index contributed by atoms with van der Waals surface area (Å²) < 4.78 is 53.2. The van der Waals surface area contributed by atoms with E-state index < -0.39 is 55.6 Å². The first-order chi connectivity index (χ1) is 9.63. The number of hydrogen-bond donors (Lipinski definition) is 4. The molecule has 1 saturated carbocycles. The molecule has 1 rings (SSSR count). The van der Waals surface area contributed by atoms with Gasteiger partial charge in [0.15, 0.2) is 6.10 Å². The van der Waals surface area contributed by atoms with E-state index in [1.54, 1.807) is 5.32 Å². The lowest BCUT2D eigenvalue weighted by atomic mass is 9.80. The molecule has 2 amide bonds. The molecule has 0 aromatic heterocycles. The quantitative estimate of drug-likeness (QED) is 0.510. The summed E-state index contributed by atoms with van der Waals surface area (Å²) in [5.41, 5.74) is 4.83. The lowest BCUT2D eigenvalue weighted by Crippen LogP contribution is -2.50. The van der Waals surface area contributed by atoms with Crippen molar-refractivity contribution in [3.8, 4) is 0 Å². The molecule has 2 atom stereocenters. The molecule has 0 saturated heterocycles. The summed E-state index contributed by atoms with van der Waals surface area (Å²) >= 11 is 0. The van der Waals surface area contributed by atoms with Crippen LogP contribution in [0.5, 0.6) is 0 Å². The van der Waals surface area contributed by atoms with Crippen LogP contribution in [0.4, 0.5) is 4.79 Å². The predicted molar refractivity (Wildman–Crippen MR) is 52.1 cm³/mol. The van der Waals surface area contributed by atoms with Crippen LogP contribution in [-0.2, 0) is 4.79 Å². The Hall–Kier alpha value is -1.30. The highest BCUT2D eigenvalue weighted by Gasteiger charge is 2.30. The van der Waals surface area contributed by atoms with Crippen LogP contribution >= 0.6 is 0 Å². The molecule has 2 unspecified atom stereocenters. The SMILES string of the molecule is [2H]C1([2H])C([2H])([2H])C([2H])(CC(NC(=O)O)C(O)C(N)=O)C1([2H])[2H]. The van der Waals surface area contributed by atoms with Crippen LogP contribution in [0.3, 0.4) is 0 Å². The summed E-state index contributed by atoms with van der Waals surface area (Å²) in [6.45, 7) is 0. The van der Waals surface area contributed by atoms with Crippen LogP contribution in [0.2, 0.25) is 0 Å². The Morgan fingerprint density at radius 2 is 2.27 bits per heavy atom. The number of hydrogen-bond acceptors (Lipinski definition) is 3. The molecule has 0 aliphatic heterocycles. The van der Waals surface area contributed by atoms with Crippen molar-refractivity contribution < 1.29 is 29.4 Å². The van der Waals surface area contributed by atoms with Gasteiger partial charge in [-0.2, -0.15) is 0 Å². The molecule has 1 fully saturated rings. The van der Waals surface area contributed by atoms with Gasteiger partial charge >= 0.3 is 6.09 Å². The second-order valence-electron chi connectivity index (χ2n) is 2.96. The maximum Gasteiger partial charge on any atom is 0.404 e. The van der Waals surface area contributed by atoms with Gasteiger partial charge in [-0.25, -0.2) is 4.79 Å². The minimum absolute atomic E-state index is 0.983. The van der Waals surface area contributed by atoms with Gasteiger partial charge in [-0.1, -0.05) is 19.1 Å². The summed E-state index contributed by atoms with van der Waals surface area (Å²) in [6.07, 6.45) is -13.7. The third kappa shape index (κ3) is 3.39. The molecule has 86 valence electrons. The minimum atomic E-state index is -2.99. The van der Waals surface area contributed by atoms with Crippen molar-refractivity contribution in [1.82, 2.24) is 5.32 Å². The molecule has 1 aliphatic carbocycles. The molecule has 1 aliphatic rings. The molecule has 5 N–H and O–H groups in total. The first-order valence-corrected chi connectivity index (χ1v) is 4.10. The highest BCUT2D eigenvalue weighted by molar-refractivity contribution is 5.80. The standard InChI is InChI=1S/C9H16N2O4/c10-8(13)7(12)6(11-9(14)15)4-5-2-1-3-5/h5-7,11-12H,1-4H2,(H2,10,13)(H,14,15)/i1D2,2D2,3D2,5D. The fourth-order valence-electron chi connectivity index (χ4n) is 1.07. The lowest BCUT2D eigenvalue weighted by molar-refractivity contribution is -0.127. The number of primary amides is 1. The number of rotatable bonds is 5. The second-order valence-corrected chi connectivity index (χ2v) is 2.96. The van der Waals surface area contributed by atoms with Gasteiger partial charge in [-0.05, 0) is 12.3 Å². The van der Waals surface area contributed by atoms with Crippen LogP contribution in [0.25, 0.3) is 0 Å². The minimum Gasteiger partial charge on any atom is -0.465 e. The summed E-state index contributed by atoms with van der Waals surface area (Å²) in [4.78, 5) is 21.7. The van der Waals surface area contributed by atoms with Crippen LogP contribution in [0.15, 0.2) is 0 Å². The third-order valence-electron chi connectivity index (χ3n) is 1.83. The van der Waals surface area contributed by atoms with Crippen molar-refractivity contribution in [2.75, 3.05) is 0 Å². The maximum atomic E-state index is 11.0. The Labute approximate surface area is 97.3 Å². The van der Waals surface area contributed by atoms with E-state index in [2.05, 4.69) is 0 Å². The summed E-state index contributed by atoms with van der Waals surface area (Å²) in [5, 5.41) is 19.9. The van der Waals surface area contributed by atoms with Crippen LogP contribution < -0.4 is 11.1 Å². The van der Waals surface area contributed by atoms with Crippen LogP contribution in [0, 0.1) is 5.89 Å². The van der Waals surface area contributed by atoms with Gasteiger partial charge in [0.1, 0.15) is 0 Å². The van der Waals surface area contributed by atoms with Gasteiger partial charge in [0.05, 0.1) is 6.04 Å². The highest BCUT2D eigenvalue weighted by atomic mass is 16.4. The Kier molecular flexibility index (Phi) is 1.71. The zero-order valence-corrected chi connectivity index (χ0v) is 7.65. The van der Waals surface area contributed by atoms with Gasteiger partial charge in [0.25, 0.3) is 0 Å². The van der Waals surface area contributed by atoms with Crippen LogP contribution in [0.1, 0.15) is 35.1 Å². The largest absolute Gasteiger partial charge is 0.465 e.